The first kappa shape index (κ1) is 11.9. The van der Waals surface area contributed by atoms with Crippen molar-refractivity contribution < 1.29 is 9.18 Å². The molecule has 2 nitrogen and oxygen atoms in total. The van der Waals surface area contributed by atoms with Gasteiger partial charge in [-0.3, -0.25) is 4.79 Å². The number of carbonyl (C=O) groups excluding carboxylic acids is 1. The Labute approximate surface area is 92.6 Å². The van der Waals surface area contributed by atoms with E-state index in [9.17, 15) is 9.18 Å². The maximum atomic E-state index is 12.7. The molecule has 0 fully saturated rings. The Morgan fingerprint density at radius 2 is 2.33 bits per heavy atom. The van der Waals surface area contributed by atoms with Crippen molar-refractivity contribution in [3.63, 3.8) is 0 Å². The fraction of sp³-hybridized carbons (Fsp3) is 0.273. The van der Waals surface area contributed by atoms with Crippen LogP contribution in [0.15, 0.2) is 18.2 Å². The summed E-state index contributed by atoms with van der Waals surface area (Å²) >= 11 is 1.24. The second-order valence-electron chi connectivity index (χ2n) is 3.01. The molecule has 0 N–H and O–H groups in total. The average Bonchev–Trinajstić information content (AvgIpc) is 2.14. The van der Waals surface area contributed by atoms with Gasteiger partial charge < -0.3 is 0 Å². The van der Waals surface area contributed by atoms with Crippen LogP contribution >= 0.6 is 11.8 Å². The Bertz CT molecular complexity index is 390. The van der Waals surface area contributed by atoms with Crippen LogP contribution < -0.4 is 0 Å². The summed E-state index contributed by atoms with van der Waals surface area (Å²) in [5.41, 5.74) is 1.53. The van der Waals surface area contributed by atoms with Crippen LogP contribution in [0.4, 0.5) is 4.39 Å². The van der Waals surface area contributed by atoms with Crippen LogP contribution in [0.3, 0.4) is 0 Å². The van der Waals surface area contributed by atoms with Gasteiger partial charge in [0, 0.05) is 18.4 Å². The lowest BCUT2D eigenvalue weighted by atomic mass is 10.2. The standard InChI is InChI=1S/C11H12FNOS/c1-8-10(5-6-11(12)13-8)4-3-7-15-9(2)14/h3-6H,7H2,1-2H3. The minimum atomic E-state index is -0.470. The summed E-state index contributed by atoms with van der Waals surface area (Å²) in [7, 11) is 0. The zero-order valence-corrected chi connectivity index (χ0v) is 9.47. The SMILES string of the molecule is CC(=O)SCC=Cc1ccc(F)nc1C. The van der Waals surface area contributed by atoms with E-state index in [1.165, 1.54) is 24.8 Å². The molecule has 4 heteroatoms. The number of aryl methyl sites for hydroxylation is 1. The van der Waals surface area contributed by atoms with E-state index < -0.39 is 5.95 Å². The highest BCUT2D eigenvalue weighted by molar-refractivity contribution is 8.13. The molecule has 0 aliphatic rings. The molecule has 0 aliphatic carbocycles. The number of halogens is 1. The molecule has 15 heavy (non-hydrogen) atoms. The third-order valence-electron chi connectivity index (χ3n) is 1.77. The quantitative estimate of drug-likeness (QED) is 0.741. The summed E-state index contributed by atoms with van der Waals surface area (Å²) < 4.78 is 12.7. The summed E-state index contributed by atoms with van der Waals surface area (Å²) in [5.74, 6) is 0.161. The molecule has 1 rings (SSSR count). The molecule has 0 radical (unpaired) electrons. The molecule has 0 spiro atoms. The molecule has 0 saturated carbocycles. The van der Waals surface area contributed by atoms with Crippen LogP contribution in [-0.4, -0.2) is 15.9 Å². The smallest absolute Gasteiger partial charge is 0.213 e. The van der Waals surface area contributed by atoms with Gasteiger partial charge in [-0.1, -0.05) is 23.9 Å². The van der Waals surface area contributed by atoms with E-state index in [0.717, 1.165) is 5.56 Å². The summed E-state index contributed by atoms with van der Waals surface area (Å²) in [6.45, 7) is 3.28. The number of thioether (sulfide) groups is 1. The Morgan fingerprint density at radius 3 is 2.93 bits per heavy atom. The lowest BCUT2D eigenvalue weighted by Crippen LogP contribution is -1.90. The van der Waals surface area contributed by atoms with Gasteiger partial charge in [0.1, 0.15) is 0 Å². The van der Waals surface area contributed by atoms with Gasteiger partial charge in [-0.05, 0) is 24.6 Å². The van der Waals surface area contributed by atoms with Gasteiger partial charge in [0.15, 0.2) is 5.12 Å². The van der Waals surface area contributed by atoms with Crippen molar-refractivity contribution in [1.82, 2.24) is 4.98 Å². The Kier molecular flexibility index (Phi) is 4.49. The van der Waals surface area contributed by atoms with Crippen molar-refractivity contribution in [3.8, 4) is 0 Å². The summed E-state index contributed by atoms with van der Waals surface area (Å²) in [6, 6.07) is 3.00. The Hall–Kier alpha value is -1.16. The van der Waals surface area contributed by atoms with E-state index in [1.54, 1.807) is 13.0 Å². The van der Waals surface area contributed by atoms with Gasteiger partial charge in [-0.15, -0.1) is 0 Å². The third kappa shape index (κ3) is 4.25. The molecule has 1 aromatic rings. The molecule has 0 unspecified atom stereocenters. The predicted octanol–water partition coefficient (Wildman–Crippen LogP) is 2.82. The van der Waals surface area contributed by atoms with Gasteiger partial charge >= 0.3 is 0 Å². The minimum Gasteiger partial charge on any atom is -0.288 e. The molecule has 0 bridgehead atoms. The molecule has 0 aromatic carbocycles. The number of hydrogen-bond acceptors (Lipinski definition) is 3. The van der Waals surface area contributed by atoms with Crippen molar-refractivity contribution >= 4 is 23.0 Å². The fourth-order valence-corrected chi connectivity index (χ4v) is 1.49. The summed E-state index contributed by atoms with van der Waals surface area (Å²) in [6.07, 6.45) is 3.71. The second kappa shape index (κ2) is 5.66. The van der Waals surface area contributed by atoms with Crippen molar-refractivity contribution in [2.24, 2.45) is 0 Å². The third-order valence-corrected chi connectivity index (χ3v) is 2.54. The first-order valence-corrected chi connectivity index (χ1v) is 5.51. The zero-order chi connectivity index (χ0) is 11.3. The number of rotatable bonds is 3. The normalized spacial score (nSPS) is 10.9. The molecule has 1 heterocycles. The summed E-state index contributed by atoms with van der Waals surface area (Å²) in [5, 5.41) is 0.0913. The number of pyridine rings is 1. The number of carbonyl (C=O) groups is 1. The van der Waals surface area contributed by atoms with E-state index in [1.807, 2.05) is 12.2 Å². The highest BCUT2D eigenvalue weighted by atomic mass is 32.2. The average molecular weight is 225 g/mol. The molecule has 0 atom stereocenters. The molecule has 0 amide bonds. The molecule has 0 aliphatic heterocycles. The number of hydrogen-bond donors (Lipinski definition) is 0. The van der Waals surface area contributed by atoms with Crippen LogP contribution in [0, 0.1) is 12.9 Å². The van der Waals surface area contributed by atoms with E-state index in [2.05, 4.69) is 4.98 Å². The highest BCUT2D eigenvalue weighted by Crippen LogP contribution is 2.09. The fourth-order valence-electron chi connectivity index (χ4n) is 1.06. The van der Waals surface area contributed by atoms with Crippen LogP contribution in [0.25, 0.3) is 6.08 Å². The van der Waals surface area contributed by atoms with Gasteiger partial charge in [-0.25, -0.2) is 4.98 Å². The number of nitrogens with zero attached hydrogens (tertiary/aromatic N) is 1. The van der Waals surface area contributed by atoms with Gasteiger partial charge in [0.05, 0.1) is 0 Å². The maximum absolute atomic E-state index is 12.7. The van der Waals surface area contributed by atoms with E-state index in [4.69, 9.17) is 0 Å². The molecule has 80 valence electrons. The van der Waals surface area contributed by atoms with Crippen molar-refractivity contribution in [2.45, 2.75) is 13.8 Å². The summed E-state index contributed by atoms with van der Waals surface area (Å²) in [4.78, 5) is 14.3. The van der Waals surface area contributed by atoms with Gasteiger partial charge in [0.25, 0.3) is 0 Å². The first-order chi connectivity index (χ1) is 7.09. The van der Waals surface area contributed by atoms with Gasteiger partial charge in [0.2, 0.25) is 5.95 Å². The predicted molar refractivity (Wildman–Crippen MR) is 61.1 cm³/mol. The first-order valence-electron chi connectivity index (χ1n) is 4.52. The highest BCUT2D eigenvalue weighted by Gasteiger charge is 1.97. The largest absolute Gasteiger partial charge is 0.288 e. The van der Waals surface area contributed by atoms with E-state index >= 15 is 0 Å². The second-order valence-corrected chi connectivity index (χ2v) is 4.21. The zero-order valence-electron chi connectivity index (χ0n) is 8.66. The van der Waals surface area contributed by atoms with Crippen LogP contribution in [0.2, 0.25) is 0 Å². The lowest BCUT2D eigenvalue weighted by Gasteiger charge is -1.98. The van der Waals surface area contributed by atoms with Crippen LogP contribution in [-0.2, 0) is 4.79 Å². The van der Waals surface area contributed by atoms with E-state index in [-0.39, 0.29) is 5.12 Å². The lowest BCUT2D eigenvalue weighted by molar-refractivity contribution is -0.109. The van der Waals surface area contributed by atoms with Crippen LogP contribution in [0.1, 0.15) is 18.2 Å². The monoisotopic (exact) mass is 225 g/mol. The Balaban J connectivity index is 2.60. The van der Waals surface area contributed by atoms with Gasteiger partial charge in [-0.2, -0.15) is 4.39 Å². The minimum absolute atomic E-state index is 0.0913. The Morgan fingerprint density at radius 1 is 1.60 bits per heavy atom. The van der Waals surface area contributed by atoms with Crippen LogP contribution in [0.5, 0.6) is 0 Å². The van der Waals surface area contributed by atoms with E-state index in [0.29, 0.717) is 11.4 Å². The topological polar surface area (TPSA) is 30.0 Å². The van der Waals surface area contributed by atoms with Crippen molar-refractivity contribution in [3.05, 3.63) is 35.4 Å². The molecular weight excluding hydrogens is 213 g/mol. The molecular formula is C11H12FNOS. The molecule has 1 aromatic heterocycles. The van der Waals surface area contributed by atoms with Crippen molar-refractivity contribution in [1.29, 1.82) is 0 Å². The molecule has 0 saturated heterocycles. The maximum Gasteiger partial charge on any atom is 0.213 e. The number of aromatic nitrogens is 1. The van der Waals surface area contributed by atoms with Crippen molar-refractivity contribution in [2.75, 3.05) is 5.75 Å².